The Balaban J connectivity index is 1.34. The lowest BCUT2D eigenvalue weighted by atomic mass is 9.84. The van der Waals surface area contributed by atoms with E-state index in [2.05, 4.69) is 10.1 Å². The van der Waals surface area contributed by atoms with Crippen LogP contribution >= 0.6 is 0 Å². The van der Waals surface area contributed by atoms with Gasteiger partial charge in [0.15, 0.2) is 5.65 Å². The highest BCUT2D eigenvalue weighted by Gasteiger charge is 2.40. The van der Waals surface area contributed by atoms with Crippen LogP contribution in [0.25, 0.3) is 16.7 Å². The van der Waals surface area contributed by atoms with Gasteiger partial charge in [0.2, 0.25) is 0 Å². The number of likely N-dealkylation sites (tertiary alicyclic amines) is 1. The maximum atomic E-state index is 13.3. The van der Waals surface area contributed by atoms with Crippen molar-refractivity contribution in [2.24, 2.45) is 0 Å². The van der Waals surface area contributed by atoms with E-state index in [9.17, 15) is 19.1 Å². The van der Waals surface area contributed by atoms with E-state index < -0.39 is 11.6 Å². The van der Waals surface area contributed by atoms with Gasteiger partial charge < -0.3 is 14.7 Å². The molecule has 1 aliphatic rings. The van der Waals surface area contributed by atoms with Crippen molar-refractivity contribution in [2.75, 3.05) is 20.2 Å². The summed E-state index contributed by atoms with van der Waals surface area (Å²) in [6.07, 6.45) is 3.46. The fraction of sp³-hybridized carbons (Fsp3) is 0.308. The zero-order chi connectivity index (χ0) is 25.4. The summed E-state index contributed by atoms with van der Waals surface area (Å²) in [4.78, 5) is 32.3. The van der Waals surface area contributed by atoms with E-state index in [1.54, 1.807) is 55.3 Å². The molecule has 1 aliphatic heterocycles. The van der Waals surface area contributed by atoms with E-state index >= 15 is 0 Å². The molecule has 0 bridgehead atoms. The van der Waals surface area contributed by atoms with Gasteiger partial charge in [-0.15, -0.1) is 0 Å². The number of carbonyl (C=O) groups excluding carboxylic acids is 1. The molecule has 10 heteroatoms. The van der Waals surface area contributed by atoms with Gasteiger partial charge in [0.05, 0.1) is 30.6 Å². The molecule has 1 amide bonds. The van der Waals surface area contributed by atoms with E-state index in [0.29, 0.717) is 54.0 Å². The smallest absolute Gasteiger partial charge is 0.264 e. The summed E-state index contributed by atoms with van der Waals surface area (Å²) in [5, 5.41) is 16.0. The molecule has 1 fully saturated rings. The number of amides is 1. The minimum absolute atomic E-state index is 0.110. The fourth-order valence-electron chi connectivity index (χ4n) is 4.66. The van der Waals surface area contributed by atoms with Crippen molar-refractivity contribution in [2.45, 2.75) is 31.4 Å². The molecule has 5 rings (SSSR count). The standard InChI is InChI=1S/C26H26FN5O4/c1-17(26(35)11-13-30(14-12-26)24(33)18-3-9-21(36-2)10-4-18)31-16-28-23-22(25(31)34)15-29-32(23)20-7-5-19(27)6-8-20/h3-10,15-17,35H,11-14H2,1-2H3. The first-order valence-electron chi connectivity index (χ1n) is 11.7. The summed E-state index contributed by atoms with van der Waals surface area (Å²) in [6.45, 7) is 2.50. The van der Waals surface area contributed by atoms with Crippen molar-refractivity contribution in [1.82, 2.24) is 24.2 Å². The van der Waals surface area contributed by atoms with Crippen molar-refractivity contribution >= 4 is 16.9 Å². The van der Waals surface area contributed by atoms with Gasteiger partial charge in [-0.1, -0.05) is 0 Å². The van der Waals surface area contributed by atoms with Gasteiger partial charge in [-0.05, 0) is 68.3 Å². The molecule has 1 saturated heterocycles. The first-order chi connectivity index (χ1) is 17.3. The second-order valence-electron chi connectivity index (χ2n) is 9.03. The van der Waals surface area contributed by atoms with Crippen LogP contribution in [0.5, 0.6) is 5.75 Å². The van der Waals surface area contributed by atoms with Crippen molar-refractivity contribution in [3.63, 3.8) is 0 Å². The number of halogens is 1. The number of fused-ring (bicyclic) bond motifs is 1. The van der Waals surface area contributed by atoms with E-state index in [-0.39, 0.29) is 17.3 Å². The highest BCUT2D eigenvalue weighted by Crippen LogP contribution is 2.33. The van der Waals surface area contributed by atoms with Crippen LogP contribution in [0.1, 0.15) is 36.2 Å². The quantitative estimate of drug-likeness (QED) is 0.461. The number of nitrogens with zero attached hydrogens (tertiary/aromatic N) is 5. The number of rotatable bonds is 5. The lowest BCUT2D eigenvalue weighted by Gasteiger charge is -2.42. The first-order valence-corrected chi connectivity index (χ1v) is 11.7. The molecule has 0 aliphatic carbocycles. The summed E-state index contributed by atoms with van der Waals surface area (Å²) in [5.41, 5.74) is -0.0362. The van der Waals surface area contributed by atoms with Gasteiger partial charge >= 0.3 is 0 Å². The molecule has 1 unspecified atom stereocenters. The van der Waals surface area contributed by atoms with E-state index in [1.165, 1.54) is 33.9 Å². The molecule has 36 heavy (non-hydrogen) atoms. The molecule has 1 N–H and O–H groups in total. The van der Waals surface area contributed by atoms with Crippen LogP contribution in [0.2, 0.25) is 0 Å². The Hall–Kier alpha value is -4.05. The fourth-order valence-corrected chi connectivity index (χ4v) is 4.66. The number of methoxy groups -OCH3 is 1. The molecule has 1 atom stereocenters. The third-order valence-electron chi connectivity index (χ3n) is 7.03. The molecule has 2 aromatic carbocycles. The van der Waals surface area contributed by atoms with Gasteiger partial charge in [0.1, 0.15) is 23.3 Å². The highest BCUT2D eigenvalue weighted by atomic mass is 19.1. The topological polar surface area (TPSA) is 102 Å². The van der Waals surface area contributed by atoms with Gasteiger partial charge in [-0.25, -0.2) is 14.1 Å². The molecule has 9 nitrogen and oxygen atoms in total. The Bertz CT molecular complexity index is 1450. The molecule has 186 valence electrons. The maximum absolute atomic E-state index is 13.3. The number of carbonyl (C=O) groups is 1. The Labute approximate surface area is 206 Å². The van der Waals surface area contributed by atoms with Crippen LogP contribution < -0.4 is 10.3 Å². The molecule has 4 aromatic rings. The van der Waals surface area contributed by atoms with Crippen molar-refractivity contribution in [3.8, 4) is 11.4 Å². The average molecular weight is 492 g/mol. The lowest BCUT2D eigenvalue weighted by Crippen LogP contribution is -2.51. The molecule has 0 saturated carbocycles. The minimum atomic E-state index is -1.19. The highest BCUT2D eigenvalue weighted by molar-refractivity contribution is 5.94. The third kappa shape index (κ3) is 4.13. The number of ether oxygens (including phenoxy) is 1. The Morgan fingerprint density at radius 2 is 1.78 bits per heavy atom. The van der Waals surface area contributed by atoms with Crippen molar-refractivity contribution in [1.29, 1.82) is 0 Å². The van der Waals surface area contributed by atoms with Gasteiger partial charge in [0, 0.05) is 18.7 Å². The van der Waals surface area contributed by atoms with E-state index in [1.807, 2.05) is 0 Å². The van der Waals surface area contributed by atoms with Gasteiger partial charge in [0.25, 0.3) is 11.5 Å². The summed E-state index contributed by atoms with van der Waals surface area (Å²) < 4.78 is 21.3. The number of piperidine rings is 1. The number of hydrogen-bond acceptors (Lipinski definition) is 6. The second-order valence-corrected chi connectivity index (χ2v) is 9.03. The van der Waals surface area contributed by atoms with E-state index in [0.717, 1.165) is 0 Å². The van der Waals surface area contributed by atoms with Crippen molar-refractivity contribution < 1.29 is 19.0 Å². The van der Waals surface area contributed by atoms with Gasteiger partial charge in [-0.3, -0.25) is 14.2 Å². The molecular formula is C26H26FN5O4. The number of benzene rings is 2. The SMILES string of the molecule is COc1ccc(C(=O)N2CCC(O)(C(C)n3cnc4c(cnn4-c4ccc(F)cc4)c3=O)CC2)cc1. The largest absolute Gasteiger partial charge is 0.497 e. The number of aliphatic hydroxyl groups is 1. The van der Waals surface area contributed by atoms with Gasteiger partial charge in [-0.2, -0.15) is 5.10 Å². The summed E-state index contributed by atoms with van der Waals surface area (Å²) >= 11 is 0. The molecular weight excluding hydrogens is 465 g/mol. The molecule has 3 heterocycles. The van der Waals surface area contributed by atoms with Crippen LogP contribution in [0.3, 0.4) is 0 Å². The first kappa shape index (κ1) is 23.7. The Kier molecular flexibility index (Phi) is 6.05. The molecule has 0 radical (unpaired) electrons. The third-order valence-corrected chi connectivity index (χ3v) is 7.03. The summed E-state index contributed by atoms with van der Waals surface area (Å²) in [7, 11) is 1.57. The second kappa shape index (κ2) is 9.19. The number of hydrogen-bond donors (Lipinski definition) is 1. The normalized spacial score (nSPS) is 16.2. The molecule has 0 spiro atoms. The van der Waals surface area contributed by atoms with Crippen LogP contribution in [0.15, 0.2) is 65.8 Å². The van der Waals surface area contributed by atoms with Crippen LogP contribution in [0, 0.1) is 5.82 Å². The van der Waals surface area contributed by atoms with E-state index in [4.69, 9.17) is 4.74 Å². The zero-order valence-electron chi connectivity index (χ0n) is 20.0. The Morgan fingerprint density at radius 3 is 2.42 bits per heavy atom. The summed E-state index contributed by atoms with van der Waals surface area (Å²) in [5.74, 6) is 0.192. The monoisotopic (exact) mass is 491 g/mol. The average Bonchev–Trinajstić information content (AvgIpc) is 3.34. The van der Waals surface area contributed by atoms with Crippen LogP contribution in [-0.4, -0.2) is 61.0 Å². The Morgan fingerprint density at radius 1 is 1.11 bits per heavy atom. The lowest BCUT2D eigenvalue weighted by molar-refractivity contribution is -0.0523. The predicted octanol–water partition coefficient (Wildman–Crippen LogP) is 2.96. The van der Waals surface area contributed by atoms with Crippen LogP contribution in [-0.2, 0) is 0 Å². The summed E-state index contributed by atoms with van der Waals surface area (Å²) in [6, 6.07) is 12.1. The minimum Gasteiger partial charge on any atom is -0.497 e. The van der Waals surface area contributed by atoms with Crippen LogP contribution in [0.4, 0.5) is 4.39 Å². The van der Waals surface area contributed by atoms with Crippen molar-refractivity contribution in [3.05, 3.63) is 82.8 Å². The maximum Gasteiger partial charge on any atom is 0.264 e. The number of aromatic nitrogens is 4. The molecule has 2 aromatic heterocycles. The predicted molar refractivity (Wildman–Crippen MR) is 131 cm³/mol. The zero-order valence-corrected chi connectivity index (χ0v) is 20.0.